The number of likely N-dealkylation sites (N-methyl/N-ethyl adjacent to an activating group) is 1. The van der Waals surface area contributed by atoms with E-state index in [0.717, 1.165) is 9.80 Å². The number of cyclic esters (lactones) is 1. The van der Waals surface area contributed by atoms with Gasteiger partial charge in [0.15, 0.2) is 5.96 Å². The number of ether oxygens (including phenoxy) is 1. The van der Waals surface area contributed by atoms with Crippen LogP contribution in [0.2, 0.25) is 0 Å². The molecule has 2 aromatic carbocycles. The van der Waals surface area contributed by atoms with Crippen molar-refractivity contribution in [2.24, 2.45) is 22.4 Å². The summed E-state index contributed by atoms with van der Waals surface area (Å²) < 4.78 is 5.87. The van der Waals surface area contributed by atoms with Gasteiger partial charge in [0.05, 0.1) is 6.42 Å². The molecule has 2 saturated heterocycles. The molecule has 2 aliphatic rings. The van der Waals surface area contributed by atoms with Crippen LogP contribution in [0.1, 0.15) is 90.2 Å². The van der Waals surface area contributed by atoms with Crippen LogP contribution in [-0.4, -0.2) is 153 Å². The number of hydrogen-bond donors (Lipinski definition) is 10. The fourth-order valence-electron chi connectivity index (χ4n) is 8.27. The number of phenols is 1. The molecule has 2 bridgehead atoms. The molecule has 12 N–H and O–H groups in total. The zero-order valence-corrected chi connectivity index (χ0v) is 40.7. The Morgan fingerprint density at radius 1 is 0.873 bits per heavy atom. The number of guanidine groups is 1. The molecule has 23 heteroatoms. The fourth-order valence-corrected chi connectivity index (χ4v) is 8.27. The van der Waals surface area contributed by atoms with Crippen LogP contribution >= 0.6 is 0 Å². The summed E-state index contributed by atoms with van der Waals surface area (Å²) in [5.41, 5.74) is 12.1. The molecule has 0 unspecified atom stereocenters. The number of nitrogens with two attached hydrogens (primary N) is 2. The minimum absolute atomic E-state index is 0.0138. The van der Waals surface area contributed by atoms with Crippen molar-refractivity contribution in [1.82, 2.24) is 36.4 Å². The maximum atomic E-state index is 15.1. The van der Waals surface area contributed by atoms with Crippen LogP contribution in [0.3, 0.4) is 0 Å². The summed E-state index contributed by atoms with van der Waals surface area (Å²) in [5.74, 6) is -9.87. The lowest BCUT2D eigenvalue weighted by molar-refractivity contribution is -0.165. The first-order valence-corrected chi connectivity index (χ1v) is 23.7. The number of aliphatic hydroxyl groups is 1. The number of carboxylic acids is 1. The Balaban J connectivity index is 1.91. The Bertz CT molecular complexity index is 2240. The quantitative estimate of drug-likeness (QED) is 0.0396. The number of rotatable bonds is 17. The third kappa shape index (κ3) is 16.1. The third-order valence-electron chi connectivity index (χ3n) is 12.5. The van der Waals surface area contributed by atoms with E-state index in [0.29, 0.717) is 17.5 Å². The molecule has 10 atom stereocenters. The van der Waals surface area contributed by atoms with Gasteiger partial charge >= 0.3 is 11.9 Å². The predicted octanol–water partition coefficient (Wildman–Crippen LogP) is -0.942. The molecule has 0 spiro atoms. The van der Waals surface area contributed by atoms with E-state index >= 15 is 4.79 Å². The number of aromatic hydroxyl groups is 1. The molecule has 0 saturated carbocycles. The van der Waals surface area contributed by atoms with Crippen LogP contribution in [-0.2, 0) is 60.7 Å². The van der Waals surface area contributed by atoms with E-state index in [2.05, 4.69) is 31.6 Å². The van der Waals surface area contributed by atoms with Crippen LogP contribution < -0.4 is 38.1 Å². The van der Waals surface area contributed by atoms with Crippen LogP contribution in [0.4, 0.5) is 0 Å². The molecule has 2 aromatic rings. The number of hydrogen-bond acceptors (Lipinski definition) is 13. The van der Waals surface area contributed by atoms with Gasteiger partial charge in [0, 0.05) is 32.9 Å². The fraction of sp³-hybridized carbons (Fsp3) is 0.542. The summed E-state index contributed by atoms with van der Waals surface area (Å²) in [4.78, 5) is 132. The molecule has 2 heterocycles. The van der Waals surface area contributed by atoms with Gasteiger partial charge in [-0.15, -0.1) is 0 Å². The molecule has 0 radical (unpaired) electrons. The van der Waals surface area contributed by atoms with E-state index in [4.69, 9.17) is 16.2 Å². The van der Waals surface area contributed by atoms with E-state index in [1.807, 2.05) is 0 Å². The average Bonchev–Trinajstić information content (AvgIpc) is 3.32. The number of nitrogens with one attached hydrogen (secondary N) is 5. The molecule has 388 valence electrons. The summed E-state index contributed by atoms with van der Waals surface area (Å²) in [7, 11) is 1.34. The van der Waals surface area contributed by atoms with Crippen LogP contribution in [0.15, 0.2) is 59.6 Å². The van der Waals surface area contributed by atoms with Crippen molar-refractivity contribution in [2.75, 3.05) is 13.6 Å². The van der Waals surface area contributed by atoms with Gasteiger partial charge in [-0.05, 0) is 68.2 Å². The van der Waals surface area contributed by atoms with Gasteiger partial charge in [0.2, 0.25) is 41.4 Å². The number of phenolic OH excluding ortho intramolecular Hbond substituents is 1. The molecule has 23 nitrogen and oxygen atoms in total. The highest BCUT2D eigenvalue weighted by molar-refractivity contribution is 5.99. The highest BCUT2D eigenvalue weighted by Crippen LogP contribution is 2.26. The normalized spacial score (nSPS) is 24.6. The summed E-state index contributed by atoms with van der Waals surface area (Å²) in [6, 6.07) is 3.65. The monoisotopic (exact) mass is 992 g/mol. The smallest absolute Gasteiger partial charge is 0.329 e. The van der Waals surface area contributed by atoms with Gasteiger partial charge in [-0.2, -0.15) is 0 Å². The van der Waals surface area contributed by atoms with E-state index in [1.165, 1.54) is 38.2 Å². The first-order chi connectivity index (χ1) is 33.6. The number of aliphatic hydroxyl groups excluding tert-OH is 1. The second-order valence-corrected chi connectivity index (χ2v) is 17.9. The van der Waals surface area contributed by atoms with Gasteiger partial charge in [-0.3, -0.25) is 43.3 Å². The first-order valence-electron chi connectivity index (χ1n) is 23.7. The number of aliphatic imine (C=N–C) groups is 1. The minimum Gasteiger partial charge on any atom is -0.508 e. The molecule has 4 rings (SSSR count). The summed E-state index contributed by atoms with van der Waals surface area (Å²) in [5, 5.41) is 44.0. The second kappa shape index (κ2) is 26.6. The summed E-state index contributed by atoms with van der Waals surface area (Å²) in [6.07, 6.45) is -4.13. The van der Waals surface area contributed by atoms with Crippen molar-refractivity contribution >= 4 is 59.2 Å². The van der Waals surface area contributed by atoms with Crippen LogP contribution in [0.5, 0.6) is 5.75 Å². The van der Waals surface area contributed by atoms with Crippen molar-refractivity contribution in [3.05, 3.63) is 65.7 Å². The molecular formula is C48H68N10O13. The van der Waals surface area contributed by atoms with E-state index in [-0.39, 0.29) is 69.6 Å². The zero-order chi connectivity index (χ0) is 52.5. The Morgan fingerprint density at radius 2 is 1.52 bits per heavy atom. The highest BCUT2D eigenvalue weighted by atomic mass is 16.5. The minimum atomic E-state index is -1.89. The largest absolute Gasteiger partial charge is 0.508 e. The van der Waals surface area contributed by atoms with E-state index in [1.54, 1.807) is 51.1 Å². The molecule has 0 aromatic heterocycles. The van der Waals surface area contributed by atoms with Crippen molar-refractivity contribution in [1.29, 1.82) is 0 Å². The lowest BCUT2D eigenvalue weighted by atomic mass is 9.95. The number of fused-ring (bicyclic) bond motifs is 2. The van der Waals surface area contributed by atoms with Crippen LogP contribution in [0.25, 0.3) is 0 Å². The topological polar surface area (TPSA) is 355 Å². The maximum absolute atomic E-state index is 15.1. The molecule has 2 fully saturated rings. The van der Waals surface area contributed by atoms with Gasteiger partial charge < -0.3 is 67.9 Å². The van der Waals surface area contributed by atoms with Gasteiger partial charge in [0.1, 0.15) is 60.4 Å². The Hall–Kier alpha value is -7.30. The Kier molecular flexibility index (Phi) is 21.1. The van der Waals surface area contributed by atoms with Gasteiger partial charge in [-0.25, -0.2) is 4.79 Å². The Labute approximate surface area is 411 Å². The average molecular weight is 993 g/mol. The van der Waals surface area contributed by atoms with Crippen molar-refractivity contribution in [2.45, 2.75) is 147 Å². The van der Waals surface area contributed by atoms with Crippen molar-refractivity contribution in [3.8, 4) is 5.75 Å². The van der Waals surface area contributed by atoms with E-state index < -0.39 is 120 Å². The summed E-state index contributed by atoms with van der Waals surface area (Å²) >= 11 is 0. The maximum Gasteiger partial charge on any atom is 0.329 e. The SMILES string of the molecule is CCCC(=O)N[C@H](CC(=O)O)C(=O)N[C@@H]1C(=O)N[C@@H](CCCN=C(N)N)C(=O)N[C@H]2CC[C@@H](O)N(C2=O)[C@@H](Cc2ccccc2)C(=O)N(C)[C@@H](Cc2ccc(O)cc2)C(=O)N[C@@H]([C@@H](C)CC)C(=O)O[C@H]1C. The lowest BCUT2D eigenvalue weighted by Crippen LogP contribution is -2.65. The highest BCUT2D eigenvalue weighted by Gasteiger charge is 2.46. The molecule has 2 aliphatic heterocycles. The number of nitrogens with zero attached hydrogens (tertiary/aromatic N) is 3. The molecule has 71 heavy (non-hydrogen) atoms. The number of amides is 7. The third-order valence-corrected chi connectivity index (χ3v) is 12.5. The predicted molar refractivity (Wildman–Crippen MR) is 256 cm³/mol. The number of esters is 1. The van der Waals surface area contributed by atoms with Crippen LogP contribution in [0, 0.1) is 5.92 Å². The standard InChI is InChI=1S/C48H68N10O13/c1-6-12-36(60)52-33(25-38(62)63)42(65)56-40-27(4)71-47(70)39(26(3)7-2)55-43(66)34(23-29-16-18-30(59)19-17-29)57(5)46(69)35(24-28-13-9-8-10-14-28)58-37(61)21-20-32(45(58)68)54-41(64)31(53-44(40)67)15-11-22-51-48(49)50/h8-10,13-14,16-19,26-27,31-35,37,39-40,59,61H,6-7,11-12,15,20-25H2,1-5H3,(H,52,60)(H,53,67)(H,54,64)(H,55,66)(H,56,65)(H,62,63)(H4,49,50,51)/t26-,27-,31-,32-,33+,34-,35-,37+,39-,40-/m0/s1. The van der Waals surface area contributed by atoms with Gasteiger partial charge in [-0.1, -0.05) is 69.7 Å². The summed E-state index contributed by atoms with van der Waals surface area (Å²) in [6.45, 7) is 6.29. The number of piperidine rings is 1. The van der Waals surface area contributed by atoms with Crippen molar-refractivity contribution in [3.63, 3.8) is 0 Å². The number of aliphatic carboxylic acids is 1. The number of benzene rings is 2. The first kappa shape index (κ1) is 56.3. The van der Waals surface area contributed by atoms with Crippen molar-refractivity contribution < 1.29 is 63.2 Å². The van der Waals surface area contributed by atoms with Gasteiger partial charge in [0.25, 0.3) is 0 Å². The van der Waals surface area contributed by atoms with E-state index in [9.17, 15) is 53.7 Å². The second-order valence-electron chi connectivity index (χ2n) is 17.9. The molecule has 0 aliphatic carbocycles. The molecule has 7 amide bonds. The molecular weight excluding hydrogens is 925 g/mol. The lowest BCUT2D eigenvalue weighted by Gasteiger charge is -2.43. The zero-order valence-electron chi connectivity index (χ0n) is 40.7. The number of carbonyl (C=O) groups excluding carboxylic acids is 8. The number of carboxylic acid groups (broad SMARTS) is 1. The Morgan fingerprint density at radius 3 is 2.14 bits per heavy atom. The number of carbonyl (C=O) groups is 9.